The number of rotatable bonds is 2. The Bertz CT molecular complexity index is 363. The van der Waals surface area contributed by atoms with Crippen molar-refractivity contribution in [2.45, 2.75) is 26.3 Å². The molecule has 0 radical (unpaired) electrons. The maximum absolute atomic E-state index is 5.67. The van der Waals surface area contributed by atoms with Gasteiger partial charge in [-0.2, -0.15) is 0 Å². The first-order valence-corrected chi connectivity index (χ1v) is 5.91. The lowest BCUT2D eigenvalue weighted by Crippen LogP contribution is -2.55. The van der Waals surface area contributed by atoms with Crippen LogP contribution in [0, 0.1) is 5.92 Å². The minimum absolute atomic E-state index is 0.303. The topological polar surface area (TPSA) is 46.1 Å². The first kappa shape index (κ1) is 11.3. The molecule has 0 aliphatic carbocycles. The van der Waals surface area contributed by atoms with E-state index in [-0.39, 0.29) is 0 Å². The molecule has 1 atom stereocenters. The van der Waals surface area contributed by atoms with E-state index in [1.54, 1.807) is 0 Å². The van der Waals surface area contributed by atoms with Gasteiger partial charge in [0.05, 0.1) is 13.2 Å². The summed E-state index contributed by atoms with van der Waals surface area (Å²) in [4.78, 5) is 0. The van der Waals surface area contributed by atoms with Gasteiger partial charge >= 0.3 is 0 Å². The monoisotopic (exact) mass is 222 g/mol. The standard InChI is InChI=1S/C13H19NO2/c1-9(2)13(14)10-4-5-11-12(8-10)16-7-3-6-15-11/h4-5,8-9,13H,3,6-7,14H2,1-2H3/p+1/t13-/m1/s1. The summed E-state index contributed by atoms with van der Waals surface area (Å²) in [6.07, 6.45) is 0.946. The van der Waals surface area contributed by atoms with Crippen molar-refractivity contribution in [3.63, 3.8) is 0 Å². The summed E-state index contributed by atoms with van der Waals surface area (Å²) >= 11 is 0. The van der Waals surface area contributed by atoms with E-state index in [4.69, 9.17) is 9.47 Å². The van der Waals surface area contributed by atoms with E-state index in [2.05, 4.69) is 31.7 Å². The summed E-state index contributed by atoms with van der Waals surface area (Å²) < 4.78 is 11.3. The van der Waals surface area contributed by atoms with E-state index in [1.807, 2.05) is 6.07 Å². The van der Waals surface area contributed by atoms with Gasteiger partial charge in [0.1, 0.15) is 6.04 Å². The zero-order chi connectivity index (χ0) is 11.5. The smallest absolute Gasteiger partial charge is 0.161 e. The maximum Gasteiger partial charge on any atom is 0.161 e. The van der Waals surface area contributed by atoms with Crippen LogP contribution in [0.25, 0.3) is 0 Å². The van der Waals surface area contributed by atoms with Gasteiger partial charge in [-0.25, -0.2) is 0 Å². The average Bonchev–Trinajstić information content (AvgIpc) is 2.51. The molecule has 1 aliphatic heterocycles. The quantitative estimate of drug-likeness (QED) is 0.829. The molecular formula is C13H20NO2+. The van der Waals surface area contributed by atoms with Crippen molar-refractivity contribution in [1.29, 1.82) is 0 Å². The highest BCUT2D eigenvalue weighted by Gasteiger charge is 2.18. The van der Waals surface area contributed by atoms with Crippen molar-refractivity contribution < 1.29 is 15.2 Å². The Morgan fingerprint density at radius 3 is 2.50 bits per heavy atom. The Morgan fingerprint density at radius 2 is 1.81 bits per heavy atom. The Labute approximate surface area is 96.5 Å². The molecule has 88 valence electrons. The Balaban J connectivity index is 2.27. The van der Waals surface area contributed by atoms with Gasteiger partial charge in [-0.15, -0.1) is 0 Å². The molecule has 1 aromatic carbocycles. The third-order valence-electron chi connectivity index (χ3n) is 3.00. The van der Waals surface area contributed by atoms with Crippen molar-refractivity contribution >= 4 is 0 Å². The van der Waals surface area contributed by atoms with Gasteiger partial charge in [0.15, 0.2) is 11.5 Å². The SMILES string of the molecule is CC(C)[C@@H]([NH3+])c1ccc2c(c1)OCCCO2. The van der Waals surface area contributed by atoms with E-state index in [0.717, 1.165) is 31.1 Å². The van der Waals surface area contributed by atoms with Crippen LogP contribution in [0.5, 0.6) is 11.5 Å². The van der Waals surface area contributed by atoms with E-state index in [9.17, 15) is 0 Å². The number of fused-ring (bicyclic) bond motifs is 1. The molecule has 0 spiro atoms. The number of ether oxygens (including phenoxy) is 2. The van der Waals surface area contributed by atoms with E-state index in [1.165, 1.54) is 5.56 Å². The third-order valence-corrected chi connectivity index (χ3v) is 3.00. The van der Waals surface area contributed by atoms with E-state index in [0.29, 0.717) is 12.0 Å². The summed E-state index contributed by atoms with van der Waals surface area (Å²) in [7, 11) is 0. The predicted molar refractivity (Wildman–Crippen MR) is 62.5 cm³/mol. The number of benzene rings is 1. The lowest BCUT2D eigenvalue weighted by Gasteiger charge is -2.15. The van der Waals surface area contributed by atoms with Gasteiger partial charge in [0.25, 0.3) is 0 Å². The molecule has 2 rings (SSSR count). The zero-order valence-corrected chi connectivity index (χ0v) is 10.0. The van der Waals surface area contributed by atoms with Crippen molar-refractivity contribution in [2.75, 3.05) is 13.2 Å². The number of hydrogen-bond donors (Lipinski definition) is 1. The molecule has 0 fully saturated rings. The van der Waals surface area contributed by atoms with Gasteiger partial charge < -0.3 is 15.2 Å². The molecule has 0 bridgehead atoms. The zero-order valence-electron chi connectivity index (χ0n) is 10.0. The number of quaternary nitrogens is 1. The van der Waals surface area contributed by atoms with Crippen LogP contribution < -0.4 is 15.2 Å². The van der Waals surface area contributed by atoms with E-state index >= 15 is 0 Å². The molecule has 1 aromatic rings. The molecule has 0 aromatic heterocycles. The second-order valence-electron chi connectivity index (χ2n) is 4.61. The molecule has 1 heterocycles. The molecule has 1 aliphatic rings. The average molecular weight is 222 g/mol. The summed E-state index contributed by atoms with van der Waals surface area (Å²) in [5.41, 5.74) is 5.41. The van der Waals surface area contributed by atoms with Crippen LogP contribution in [0.3, 0.4) is 0 Å². The summed E-state index contributed by atoms with van der Waals surface area (Å²) in [6, 6.07) is 6.46. The highest BCUT2D eigenvalue weighted by Crippen LogP contribution is 2.32. The number of hydrogen-bond acceptors (Lipinski definition) is 2. The molecule has 0 amide bonds. The van der Waals surface area contributed by atoms with Crippen LogP contribution >= 0.6 is 0 Å². The van der Waals surface area contributed by atoms with Crippen LogP contribution in [-0.2, 0) is 0 Å². The van der Waals surface area contributed by atoms with Gasteiger partial charge in [-0.1, -0.05) is 13.8 Å². The Kier molecular flexibility index (Phi) is 3.34. The first-order valence-electron chi connectivity index (χ1n) is 5.91. The van der Waals surface area contributed by atoms with Gasteiger partial charge in [0.2, 0.25) is 0 Å². The molecule has 0 saturated carbocycles. The molecule has 3 nitrogen and oxygen atoms in total. The van der Waals surface area contributed by atoms with E-state index < -0.39 is 0 Å². The minimum atomic E-state index is 0.303. The summed E-state index contributed by atoms with van der Waals surface area (Å²) in [6.45, 7) is 5.84. The van der Waals surface area contributed by atoms with Crippen molar-refractivity contribution in [3.05, 3.63) is 23.8 Å². The van der Waals surface area contributed by atoms with Crippen LogP contribution in [0.15, 0.2) is 18.2 Å². The minimum Gasteiger partial charge on any atom is -0.490 e. The van der Waals surface area contributed by atoms with Gasteiger partial charge in [-0.3, -0.25) is 0 Å². The Morgan fingerprint density at radius 1 is 1.12 bits per heavy atom. The van der Waals surface area contributed by atoms with Crippen LogP contribution in [0.1, 0.15) is 31.9 Å². The van der Waals surface area contributed by atoms with Crippen LogP contribution in [0.4, 0.5) is 0 Å². The maximum atomic E-state index is 5.67. The largest absolute Gasteiger partial charge is 0.490 e. The molecular weight excluding hydrogens is 202 g/mol. The van der Waals surface area contributed by atoms with Crippen molar-refractivity contribution in [2.24, 2.45) is 5.92 Å². The van der Waals surface area contributed by atoms with Crippen molar-refractivity contribution in [3.8, 4) is 11.5 Å². The molecule has 3 N–H and O–H groups in total. The first-order chi connectivity index (χ1) is 7.68. The lowest BCUT2D eigenvalue weighted by atomic mass is 9.97. The fraction of sp³-hybridized carbons (Fsp3) is 0.538. The highest BCUT2D eigenvalue weighted by atomic mass is 16.5. The summed E-state index contributed by atoms with van der Waals surface area (Å²) in [5, 5.41) is 0. The molecule has 0 unspecified atom stereocenters. The highest BCUT2D eigenvalue weighted by molar-refractivity contribution is 5.44. The fourth-order valence-corrected chi connectivity index (χ4v) is 1.80. The van der Waals surface area contributed by atoms with Gasteiger partial charge in [-0.05, 0) is 18.2 Å². The Hall–Kier alpha value is -1.22. The molecule has 0 saturated heterocycles. The van der Waals surface area contributed by atoms with Gasteiger partial charge in [0, 0.05) is 17.9 Å². The second kappa shape index (κ2) is 4.74. The fourth-order valence-electron chi connectivity index (χ4n) is 1.80. The molecule has 16 heavy (non-hydrogen) atoms. The third kappa shape index (κ3) is 2.30. The van der Waals surface area contributed by atoms with Crippen LogP contribution in [-0.4, -0.2) is 13.2 Å². The normalized spacial score (nSPS) is 17.0. The lowest BCUT2D eigenvalue weighted by molar-refractivity contribution is -0.438. The van der Waals surface area contributed by atoms with Crippen molar-refractivity contribution in [1.82, 2.24) is 0 Å². The molecule has 3 heteroatoms. The second-order valence-corrected chi connectivity index (χ2v) is 4.61. The predicted octanol–water partition coefficient (Wildman–Crippen LogP) is 1.79. The summed E-state index contributed by atoms with van der Waals surface area (Å²) in [5.74, 6) is 2.26. The van der Waals surface area contributed by atoms with Crippen LogP contribution in [0.2, 0.25) is 0 Å².